The number of hydrogen-bond donors (Lipinski definition) is 1. The van der Waals surface area contributed by atoms with Gasteiger partial charge in [-0.3, -0.25) is 14.3 Å². The Morgan fingerprint density at radius 1 is 1.19 bits per heavy atom. The molecule has 1 unspecified atom stereocenters. The molecular formula is C25H33FN4O2. The number of benzene rings is 1. The van der Waals surface area contributed by atoms with Crippen LogP contribution in [-0.4, -0.2) is 38.1 Å². The Labute approximate surface area is 189 Å². The van der Waals surface area contributed by atoms with Crippen LogP contribution < -0.4 is 5.32 Å². The molecule has 7 heteroatoms. The highest BCUT2D eigenvalue weighted by molar-refractivity contribution is 5.99. The van der Waals surface area contributed by atoms with Crippen molar-refractivity contribution >= 4 is 11.8 Å². The normalized spacial score (nSPS) is 22.0. The van der Waals surface area contributed by atoms with Crippen molar-refractivity contribution in [3.63, 3.8) is 0 Å². The van der Waals surface area contributed by atoms with Gasteiger partial charge in [0.1, 0.15) is 17.1 Å². The first-order valence-electron chi connectivity index (χ1n) is 11.5. The van der Waals surface area contributed by atoms with Gasteiger partial charge in [0.05, 0.1) is 12.2 Å². The zero-order valence-electron chi connectivity index (χ0n) is 19.4. The van der Waals surface area contributed by atoms with Crippen LogP contribution in [0, 0.1) is 5.82 Å². The van der Waals surface area contributed by atoms with Gasteiger partial charge in [0.25, 0.3) is 5.91 Å². The largest absolute Gasteiger partial charge is 0.351 e. The molecule has 0 saturated heterocycles. The molecule has 4 rings (SSSR count). The number of nitrogens with zero attached hydrogens (tertiary/aromatic N) is 3. The van der Waals surface area contributed by atoms with Crippen molar-refractivity contribution < 1.29 is 14.0 Å². The fourth-order valence-electron chi connectivity index (χ4n) is 4.62. The molecular weight excluding hydrogens is 407 g/mol. The Hall–Kier alpha value is -2.70. The second kappa shape index (κ2) is 8.34. The molecule has 2 heterocycles. The zero-order chi connectivity index (χ0) is 23.1. The van der Waals surface area contributed by atoms with Crippen LogP contribution in [-0.2, 0) is 23.3 Å². The molecule has 2 aliphatic rings. The number of nitrogens with one attached hydrogen (secondary N) is 1. The minimum atomic E-state index is -1.10. The van der Waals surface area contributed by atoms with E-state index in [1.54, 1.807) is 21.7 Å². The number of aromatic nitrogens is 2. The standard InChI is InChI=1S/C25H33FN4O2/c1-24(2,3)21-14-20-22(31)29(15-17-10-12-18(26)13-11-17)25(4,16-30(20)28-21)23(32)27-19-8-6-5-7-9-19/h10-14,19H,5-9,15-16H2,1-4H3,(H,27,32). The van der Waals surface area contributed by atoms with E-state index in [1.807, 2.05) is 13.0 Å². The first-order chi connectivity index (χ1) is 15.1. The Kier molecular flexibility index (Phi) is 5.86. The van der Waals surface area contributed by atoms with Gasteiger partial charge in [-0.1, -0.05) is 52.2 Å². The maximum Gasteiger partial charge on any atom is 0.273 e. The van der Waals surface area contributed by atoms with E-state index in [4.69, 9.17) is 0 Å². The molecule has 1 N–H and O–H groups in total. The molecule has 1 aliphatic heterocycles. The number of amides is 2. The van der Waals surface area contributed by atoms with Crippen LogP contribution in [0.4, 0.5) is 4.39 Å². The highest BCUT2D eigenvalue weighted by Gasteiger charge is 2.48. The number of rotatable bonds is 4. The van der Waals surface area contributed by atoms with E-state index in [-0.39, 0.29) is 42.2 Å². The van der Waals surface area contributed by atoms with Crippen molar-refractivity contribution in [2.24, 2.45) is 0 Å². The molecule has 1 aliphatic carbocycles. The van der Waals surface area contributed by atoms with Crippen LogP contribution in [0.15, 0.2) is 30.3 Å². The fourth-order valence-corrected chi connectivity index (χ4v) is 4.62. The smallest absolute Gasteiger partial charge is 0.273 e. The summed E-state index contributed by atoms with van der Waals surface area (Å²) in [4.78, 5) is 28.9. The van der Waals surface area contributed by atoms with E-state index in [2.05, 4.69) is 31.2 Å². The highest BCUT2D eigenvalue weighted by atomic mass is 19.1. The number of hydrogen-bond acceptors (Lipinski definition) is 3. The molecule has 0 spiro atoms. The number of halogens is 1. The summed E-state index contributed by atoms with van der Waals surface area (Å²) in [5.41, 5.74) is 0.768. The lowest BCUT2D eigenvalue weighted by atomic mass is 9.90. The Bertz CT molecular complexity index is 1000. The lowest BCUT2D eigenvalue weighted by molar-refractivity contribution is -0.134. The molecule has 1 fully saturated rings. The summed E-state index contributed by atoms with van der Waals surface area (Å²) in [5, 5.41) is 7.90. The minimum absolute atomic E-state index is 0.139. The molecule has 1 aromatic carbocycles. The predicted molar refractivity (Wildman–Crippen MR) is 121 cm³/mol. The molecule has 32 heavy (non-hydrogen) atoms. The van der Waals surface area contributed by atoms with Crippen LogP contribution in [0.25, 0.3) is 0 Å². The topological polar surface area (TPSA) is 67.2 Å². The first-order valence-corrected chi connectivity index (χ1v) is 11.5. The Balaban J connectivity index is 1.70. The predicted octanol–water partition coefficient (Wildman–Crippen LogP) is 4.18. The number of carbonyl (C=O) groups excluding carboxylic acids is 2. The third-order valence-corrected chi connectivity index (χ3v) is 6.75. The second-order valence-electron chi connectivity index (χ2n) is 10.4. The molecule has 172 valence electrons. The fraction of sp³-hybridized carbons (Fsp3) is 0.560. The molecule has 0 bridgehead atoms. The second-order valence-corrected chi connectivity index (χ2v) is 10.4. The number of carbonyl (C=O) groups is 2. The van der Waals surface area contributed by atoms with Gasteiger partial charge in [0, 0.05) is 18.0 Å². The third kappa shape index (κ3) is 4.30. The van der Waals surface area contributed by atoms with E-state index in [1.165, 1.54) is 18.6 Å². The van der Waals surface area contributed by atoms with Crippen LogP contribution in [0.5, 0.6) is 0 Å². The molecule has 1 saturated carbocycles. The van der Waals surface area contributed by atoms with Gasteiger partial charge in [-0.15, -0.1) is 0 Å². The van der Waals surface area contributed by atoms with Gasteiger partial charge < -0.3 is 10.2 Å². The SMILES string of the molecule is CC(C)(C)c1cc2n(n1)CC(C)(C(=O)NC1CCCCC1)N(Cc1ccc(F)cc1)C2=O. The summed E-state index contributed by atoms with van der Waals surface area (Å²) in [5.74, 6) is -0.715. The van der Waals surface area contributed by atoms with E-state index in [0.717, 1.165) is 36.9 Å². The Morgan fingerprint density at radius 2 is 1.84 bits per heavy atom. The lowest BCUT2D eigenvalue weighted by Gasteiger charge is -2.44. The van der Waals surface area contributed by atoms with Crippen LogP contribution in [0.1, 0.15) is 81.5 Å². The van der Waals surface area contributed by atoms with Gasteiger partial charge >= 0.3 is 0 Å². The highest BCUT2D eigenvalue weighted by Crippen LogP contribution is 2.32. The van der Waals surface area contributed by atoms with Gasteiger partial charge in [-0.05, 0) is 43.5 Å². The quantitative estimate of drug-likeness (QED) is 0.776. The maximum atomic E-state index is 13.7. The monoisotopic (exact) mass is 440 g/mol. The summed E-state index contributed by atoms with van der Waals surface area (Å²) in [7, 11) is 0. The van der Waals surface area contributed by atoms with E-state index in [0.29, 0.717) is 5.69 Å². The third-order valence-electron chi connectivity index (χ3n) is 6.75. The summed E-state index contributed by atoms with van der Waals surface area (Å²) in [6.07, 6.45) is 5.35. The van der Waals surface area contributed by atoms with Gasteiger partial charge in [-0.2, -0.15) is 5.10 Å². The van der Waals surface area contributed by atoms with Crippen molar-refractivity contribution in [2.45, 2.75) is 89.9 Å². The van der Waals surface area contributed by atoms with Crippen molar-refractivity contribution in [1.29, 1.82) is 0 Å². The summed E-state index contributed by atoms with van der Waals surface area (Å²) in [6.45, 7) is 8.48. The average molecular weight is 441 g/mol. The number of fused-ring (bicyclic) bond motifs is 1. The van der Waals surface area contributed by atoms with Crippen LogP contribution >= 0.6 is 0 Å². The minimum Gasteiger partial charge on any atom is -0.351 e. The maximum absolute atomic E-state index is 13.7. The van der Waals surface area contributed by atoms with E-state index in [9.17, 15) is 14.0 Å². The molecule has 2 amide bonds. The van der Waals surface area contributed by atoms with Gasteiger partial charge in [0.2, 0.25) is 5.91 Å². The van der Waals surface area contributed by atoms with Crippen molar-refractivity contribution in [1.82, 2.24) is 20.0 Å². The molecule has 1 aromatic heterocycles. The molecule has 1 atom stereocenters. The van der Waals surface area contributed by atoms with E-state index < -0.39 is 5.54 Å². The summed E-state index contributed by atoms with van der Waals surface area (Å²) in [6, 6.07) is 8.05. The van der Waals surface area contributed by atoms with Crippen molar-refractivity contribution in [2.75, 3.05) is 0 Å². The van der Waals surface area contributed by atoms with E-state index >= 15 is 0 Å². The summed E-state index contributed by atoms with van der Waals surface area (Å²) < 4.78 is 15.1. The van der Waals surface area contributed by atoms with Crippen molar-refractivity contribution in [3.05, 3.63) is 53.1 Å². The lowest BCUT2D eigenvalue weighted by Crippen LogP contribution is -2.64. The van der Waals surface area contributed by atoms with Crippen molar-refractivity contribution in [3.8, 4) is 0 Å². The molecule has 6 nitrogen and oxygen atoms in total. The van der Waals surface area contributed by atoms with Crippen LogP contribution in [0.2, 0.25) is 0 Å². The molecule has 0 radical (unpaired) electrons. The van der Waals surface area contributed by atoms with Gasteiger partial charge in [-0.25, -0.2) is 4.39 Å². The Morgan fingerprint density at radius 3 is 2.47 bits per heavy atom. The first kappa shape index (κ1) is 22.5. The molecule has 2 aromatic rings. The average Bonchev–Trinajstić information content (AvgIpc) is 3.18. The van der Waals surface area contributed by atoms with Gasteiger partial charge in [0.15, 0.2) is 0 Å². The zero-order valence-corrected chi connectivity index (χ0v) is 19.4. The van der Waals surface area contributed by atoms with Crippen LogP contribution in [0.3, 0.4) is 0 Å². The summed E-state index contributed by atoms with van der Waals surface area (Å²) >= 11 is 0.